The van der Waals surface area contributed by atoms with Gasteiger partial charge in [0.25, 0.3) is 0 Å². The van der Waals surface area contributed by atoms with Crippen LogP contribution in [0.4, 0.5) is 0 Å². The molecule has 1 saturated carbocycles. The highest BCUT2D eigenvalue weighted by Crippen LogP contribution is 2.44. The SMILES string of the molecule is CCN1CCCCCC1CN1CC2CC2CC(NC)C1=O. The second-order valence-corrected chi connectivity index (χ2v) is 7.21. The summed E-state index contributed by atoms with van der Waals surface area (Å²) in [6, 6.07) is 0.637. The van der Waals surface area contributed by atoms with Gasteiger partial charge in [0.2, 0.25) is 5.91 Å². The van der Waals surface area contributed by atoms with Crippen LogP contribution < -0.4 is 5.32 Å². The van der Waals surface area contributed by atoms with Crippen molar-refractivity contribution < 1.29 is 4.79 Å². The smallest absolute Gasteiger partial charge is 0.239 e. The van der Waals surface area contributed by atoms with Crippen LogP contribution in [0.15, 0.2) is 0 Å². The maximum atomic E-state index is 12.7. The largest absolute Gasteiger partial charge is 0.339 e. The first-order chi connectivity index (χ1) is 10.2. The van der Waals surface area contributed by atoms with Crippen molar-refractivity contribution in [3.05, 3.63) is 0 Å². The number of hydrogen-bond acceptors (Lipinski definition) is 3. The molecule has 0 aromatic heterocycles. The maximum absolute atomic E-state index is 12.7. The highest BCUT2D eigenvalue weighted by Gasteiger charge is 2.45. The molecular formula is C17H31N3O. The first-order valence-corrected chi connectivity index (χ1v) is 8.93. The van der Waals surface area contributed by atoms with Gasteiger partial charge in [0.1, 0.15) is 0 Å². The number of fused-ring (bicyclic) bond motifs is 1. The summed E-state index contributed by atoms with van der Waals surface area (Å²) in [7, 11) is 1.94. The van der Waals surface area contributed by atoms with E-state index in [1.807, 2.05) is 7.05 Å². The quantitative estimate of drug-likeness (QED) is 0.857. The van der Waals surface area contributed by atoms with E-state index in [9.17, 15) is 4.79 Å². The van der Waals surface area contributed by atoms with Crippen molar-refractivity contribution in [2.24, 2.45) is 11.8 Å². The zero-order valence-electron chi connectivity index (χ0n) is 13.7. The molecule has 3 rings (SSSR count). The van der Waals surface area contributed by atoms with Crippen LogP contribution in [0.5, 0.6) is 0 Å². The molecule has 2 heterocycles. The number of carbonyl (C=O) groups excluding carboxylic acids is 1. The minimum Gasteiger partial charge on any atom is -0.339 e. The minimum absolute atomic E-state index is 0.0587. The molecule has 120 valence electrons. The van der Waals surface area contributed by atoms with E-state index >= 15 is 0 Å². The Hall–Kier alpha value is -0.610. The Labute approximate surface area is 129 Å². The molecule has 0 bridgehead atoms. The molecular weight excluding hydrogens is 262 g/mol. The van der Waals surface area contributed by atoms with Crippen molar-refractivity contribution in [1.29, 1.82) is 0 Å². The third kappa shape index (κ3) is 3.42. The number of amides is 1. The predicted molar refractivity (Wildman–Crippen MR) is 85.1 cm³/mol. The molecule has 0 radical (unpaired) electrons. The van der Waals surface area contributed by atoms with E-state index in [0.29, 0.717) is 11.9 Å². The van der Waals surface area contributed by atoms with Gasteiger partial charge in [0, 0.05) is 19.1 Å². The highest BCUT2D eigenvalue weighted by atomic mass is 16.2. The van der Waals surface area contributed by atoms with Crippen molar-refractivity contribution in [1.82, 2.24) is 15.1 Å². The van der Waals surface area contributed by atoms with E-state index in [1.54, 1.807) is 0 Å². The molecule has 4 heteroatoms. The Bertz CT molecular complexity index is 373. The van der Waals surface area contributed by atoms with Crippen LogP contribution in [0.3, 0.4) is 0 Å². The minimum atomic E-state index is 0.0587. The van der Waals surface area contributed by atoms with Crippen molar-refractivity contribution in [2.45, 2.75) is 57.5 Å². The molecule has 3 aliphatic rings. The van der Waals surface area contributed by atoms with Gasteiger partial charge in [-0.15, -0.1) is 0 Å². The van der Waals surface area contributed by atoms with Crippen molar-refractivity contribution in [3.8, 4) is 0 Å². The predicted octanol–water partition coefficient (Wildman–Crippen LogP) is 1.71. The zero-order chi connectivity index (χ0) is 14.8. The molecule has 4 unspecified atom stereocenters. The van der Waals surface area contributed by atoms with E-state index in [2.05, 4.69) is 22.0 Å². The van der Waals surface area contributed by atoms with Gasteiger partial charge in [-0.1, -0.05) is 19.8 Å². The van der Waals surface area contributed by atoms with Gasteiger partial charge in [-0.05, 0) is 57.7 Å². The monoisotopic (exact) mass is 293 g/mol. The molecule has 0 aromatic rings. The average molecular weight is 293 g/mol. The molecule has 1 N–H and O–H groups in total. The normalized spacial score (nSPS) is 37.8. The van der Waals surface area contributed by atoms with E-state index in [0.717, 1.165) is 37.9 Å². The second-order valence-electron chi connectivity index (χ2n) is 7.21. The van der Waals surface area contributed by atoms with E-state index < -0.39 is 0 Å². The van der Waals surface area contributed by atoms with E-state index in [4.69, 9.17) is 0 Å². The van der Waals surface area contributed by atoms with Crippen LogP contribution in [0.25, 0.3) is 0 Å². The maximum Gasteiger partial charge on any atom is 0.239 e. The molecule has 0 aromatic carbocycles. The Morgan fingerprint density at radius 2 is 2.05 bits per heavy atom. The van der Waals surface area contributed by atoms with Crippen LogP contribution in [-0.4, -0.2) is 61.0 Å². The zero-order valence-corrected chi connectivity index (χ0v) is 13.7. The topological polar surface area (TPSA) is 35.6 Å². The number of likely N-dealkylation sites (N-methyl/N-ethyl adjacent to an activating group) is 2. The molecule has 2 aliphatic heterocycles. The summed E-state index contributed by atoms with van der Waals surface area (Å²) < 4.78 is 0. The lowest BCUT2D eigenvalue weighted by Crippen LogP contribution is -2.50. The lowest BCUT2D eigenvalue weighted by atomic mass is 10.1. The number of carbonyl (C=O) groups is 1. The van der Waals surface area contributed by atoms with Gasteiger partial charge in [0.15, 0.2) is 0 Å². The molecule has 0 spiro atoms. The number of rotatable bonds is 4. The number of nitrogens with zero attached hydrogens (tertiary/aromatic N) is 2. The molecule has 1 amide bonds. The molecule has 4 nitrogen and oxygen atoms in total. The summed E-state index contributed by atoms with van der Waals surface area (Å²) in [5.41, 5.74) is 0. The van der Waals surface area contributed by atoms with Crippen molar-refractivity contribution in [3.63, 3.8) is 0 Å². The number of likely N-dealkylation sites (tertiary alicyclic amines) is 2. The van der Waals surface area contributed by atoms with E-state index in [-0.39, 0.29) is 6.04 Å². The van der Waals surface area contributed by atoms with Gasteiger partial charge < -0.3 is 10.2 Å². The Balaban J connectivity index is 1.67. The summed E-state index contributed by atoms with van der Waals surface area (Å²) in [6.07, 6.45) is 7.65. The fraction of sp³-hybridized carbons (Fsp3) is 0.941. The highest BCUT2D eigenvalue weighted by molar-refractivity contribution is 5.82. The standard InChI is InChI=1S/C17H31N3O/c1-3-19-8-6-4-5-7-15(19)12-20-11-14-9-13(14)10-16(18-2)17(20)21/h13-16,18H,3-12H2,1-2H3. The molecule has 1 aliphatic carbocycles. The number of hydrogen-bond donors (Lipinski definition) is 1. The Morgan fingerprint density at radius 3 is 2.81 bits per heavy atom. The summed E-state index contributed by atoms with van der Waals surface area (Å²) in [5.74, 6) is 1.94. The van der Waals surface area contributed by atoms with Crippen molar-refractivity contribution >= 4 is 5.91 Å². The van der Waals surface area contributed by atoms with E-state index in [1.165, 1.54) is 38.6 Å². The van der Waals surface area contributed by atoms with Crippen LogP contribution in [0.2, 0.25) is 0 Å². The van der Waals surface area contributed by atoms with Gasteiger partial charge in [0.05, 0.1) is 6.04 Å². The molecule has 4 atom stereocenters. The van der Waals surface area contributed by atoms with Gasteiger partial charge in [-0.25, -0.2) is 0 Å². The summed E-state index contributed by atoms with van der Waals surface area (Å²) >= 11 is 0. The van der Waals surface area contributed by atoms with Gasteiger partial charge >= 0.3 is 0 Å². The average Bonchev–Trinajstić information content (AvgIpc) is 3.26. The molecule has 3 fully saturated rings. The lowest BCUT2D eigenvalue weighted by molar-refractivity contribution is -0.134. The first kappa shape index (κ1) is 15.3. The van der Waals surface area contributed by atoms with Crippen LogP contribution >= 0.6 is 0 Å². The fourth-order valence-corrected chi connectivity index (χ4v) is 4.34. The van der Waals surface area contributed by atoms with Crippen LogP contribution in [-0.2, 0) is 4.79 Å². The summed E-state index contributed by atoms with van der Waals surface area (Å²) in [4.78, 5) is 17.5. The lowest BCUT2D eigenvalue weighted by Gasteiger charge is -2.34. The molecule has 2 saturated heterocycles. The summed E-state index contributed by atoms with van der Waals surface area (Å²) in [6.45, 7) is 6.55. The third-order valence-corrected chi connectivity index (χ3v) is 5.86. The fourth-order valence-electron chi connectivity index (χ4n) is 4.34. The van der Waals surface area contributed by atoms with Crippen molar-refractivity contribution in [2.75, 3.05) is 33.2 Å². The Morgan fingerprint density at radius 1 is 1.19 bits per heavy atom. The summed E-state index contributed by atoms with van der Waals surface area (Å²) in [5, 5.41) is 3.25. The Kier molecular flexibility index (Phi) is 4.85. The first-order valence-electron chi connectivity index (χ1n) is 8.93. The van der Waals surface area contributed by atoms with Crippen LogP contribution in [0, 0.1) is 11.8 Å². The third-order valence-electron chi connectivity index (χ3n) is 5.86. The van der Waals surface area contributed by atoms with Gasteiger partial charge in [-0.3, -0.25) is 9.69 Å². The molecule has 21 heavy (non-hydrogen) atoms. The number of nitrogens with one attached hydrogen (secondary N) is 1. The van der Waals surface area contributed by atoms with Crippen LogP contribution in [0.1, 0.15) is 45.4 Å². The second kappa shape index (κ2) is 6.66. The van der Waals surface area contributed by atoms with Gasteiger partial charge in [-0.2, -0.15) is 0 Å².